The van der Waals surface area contributed by atoms with Crippen LogP contribution in [0.3, 0.4) is 0 Å². The van der Waals surface area contributed by atoms with E-state index in [4.69, 9.17) is 9.84 Å². The molecule has 0 spiro atoms. The summed E-state index contributed by atoms with van der Waals surface area (Å²) in [7, 11) is 1.61. The Balaban J connectivity index is 1.70. The molecule has 2 aromatic rings. The first-order valence-electron chi connectivity index (χ1n) is 8.88. The number of ether oxygens (including phenoxy) is 1. The van der Waals surface area contributed by atoms with Crippen LogP contribution in [0.25, 0.3) is 0 Å². The van der Waals surface area contributed by atoms with E-state index in [1.807, 2.05) is 25.1 Å². The van der Waals surface area contributed by atoms with Gasteiger partial charge in [-0.1, -0.05) is 6.07 Å². The fraction of sp³-hybridized carbons (Fsp3) is 0.350. The molecule has 1 aliphatic heterocycles. The summed E-state index contributed by atoms with van der Waals surface area (Å²) < 4.78 is 5.23. The number of hydrogen-bond donors (Lipinski definition) is 2. The van der Waals surface area contributed by atoms with E-state index in [-0.39, 0.29) is 18.9 Å². The average Bonchev–Trinajstić information content (AvgIpc) is 3.03. The van der Waals surface area contributed by atoms with Crippen LogP contribution in [0.1, 0.15) is 33.6 Å². The standard InChI is InChI=1S/C20H21N3O4S/c1-12-3-5-14(27-2)9-13(12)4-6-18(24)22-19-16(10-21)15-7-8-23(20(25)26)11-17(15)28-19/h3,5,9H,4,6-8,11H2,1-2H3,(H,22,24)(H,25,26). The van der Waals surface area contributed by atoms with Gasteiger partial charge < -0.3 is 20.1 Å². The molecule has 28 heavy (non-hydrogen) atoms. The van der Waals surface area contributed by atoms with Gasteiger partial charge in [-0.25, -0.2) is 4.79 Å². The van der Waals surface area contributed by atoms with E-state index in [0.29, 0.717) is 30.0 Å². The summed E-state index contributed by atoms with van der Waals surface area (Å²) in [5, 5.41) is 22.0. The Morgan fingerprint density at radius 2 is 2.21 bits per heavy atom. The zero-order valence-corrected chi connectivity index (χ0v) is 16.6. The van der Waals surface area contributed by atoms with E-state index >= 15 is 0 Å². The van der Waals surface area contributed by atoms with Gasteiger partial charge in [0.15, 0.2) is 0 Å². The molecule has 8 heteroatoms. The molecule has 1 aliphatic rings. The second kappa shape index (κ2) is 8.31. The van der Waals surface area contributed by atoms with Crippen molar-refractivity contribution in [2.45, 2.75) is 32.7 Å². The van der Waals surface area contributed by atoms with Crippen molar-refractivity contribution in [2.24, 2.45) is 0 Å². The Kier molecular flexibility index (Phi) is 5.85. The summed E-state index contributed by atoms with van der Waals surface area (Å²) >= 11 is 1.29. The van der Waals surface area contributed by atoms with Gasteiger partial charge in [0, 0.05) is 17.8 Å². The first-order valence-corrected chi connectivity index (χ1v) is 9.70. The van der Waals surface area contributed by atoms with E-state index in [0.717, 1.165) is 27.3 Å². The Morgan fingerprint density at radius 1 is 1.43 bits per heavy atom. The highest BCUT2D eigenvalue weighted by atomic mass is 32.1. The van der Waals surface area contributed by atoms with Crippen LogP contribution < -0.4 is 10.1 Å². The SMILES string of the molecule is COc1ccc(C)c(CCC(=O)Nc2sc3c(c2C#N)CCN(C(=O)O)C3)c1. The minimum absolute atomic E-state index is 0.174. The van der Waals surface area contributed by atoms with Gasteiger partial charge in [-0.2, -0.15) is 5.26 Å². The molecular weight excluding hydrogens is 378 g/mol. The van der Waals surface area contributed by atoms with Crippen molar-refractivity contribution in [1.29, 1.82) is 5.26 Å². The molecule has 0 fully saturated rings. The molecule has 0 radical (unpaired) electrons. The lowest BCUT2D eigenvalue weighted by atomic mass is 10.0. The number of carbonyl (C=O) groups is 2. The Morgan fingerprint density at radius 3 is 2.89 bits per heavy atom. The Bertz CT molecular complexity index is 961. The van der Waals surface area contributed by atoms with Gasteiger partial charge in [0.25, 0.3) is 0 Å². The van der Waals surface area contributed by atoms with Crippen LogP contribution in [0.15, 0.2) is 18.2 Å². The van der Waals surface area contributed by atoms with Crippen LogP contribution >= 0.6 is 11.3 Å². The molecule has 0 aliphatic carbocycles. The highest BCUT2D eigenvalue weighted by Gasteiger charge is 2.27. The Labute approximate surface area is 167 Å². The largest absolute Gasteiger partial charge is 0.497 e. The summed E-state index contributed by atoms with van der Waals surface area (Å²) in [5.74, 6) is 0.578. The van der Waals surface area contributed by atoms with Crippen molar-refractivity contribution in [1.82, 2.24) is 4.90 Å². The van der Waals surface area contributed by atoms with Crippen LogP contribution in [0.5, 0.6) is 5.75 Å². The summed E-state index contributed by atoms with van der Waals surface area (Å²) in [5.41, 5.74) is 3.43. The maximum atomic E-state index is 12.5. The summed E-state index contributed by atoms with van der Waals surface area (Å²) in [6, 6.07) is 7.93. The number of thiophene rings is 1. The maximum absolute atomic E-state index is 12.5. The third kappa shape index (κ3) is 4.10. The van der Waals surface area contributed by atoms with Gasteiger partial charge in [-0.05, 0) is 48.6 Å². The first-order chi connectivity index (χ1) is 13.4. The van der Waals surface area contributed by atoms with Gasteiger partial charge in [0.1, 0.15) is 16.8 Å². The van der Waals surface area contributed by atoms with Crippen LogP contribution in [0, 0.1) is 18.3 Å². The van der Waals surface area contributed by atoms with Gasteiger partial charge in [-0.15, -0.1) is 11.3 Å². The van der Waals surface area contributed by atoms with E-state index < -0.39 is 6.09 Å². The summed E-state index contributed by atoms with van der Waals surface area (Å²) in [6.45, 7) is 2.60. The number of nitrogens with zero attached hydrogens (tertiary/aromatic N) is 2. The highest BCUT2D eigenvalue weighted by molar-refractivity contribution is 7.16. The minimum Gasteiger partial charge on any atom is -0.497 e. The van der Waals surface area contributed by atoms with E-state index in [9.17, 15) is 14.9 Å². The predicted octanol–water partition coefficient (Wildman–Crippen LogP) is 3.54. The molecule has 146 valence electrons. The number of nitriles is 1. The smallest absolute Gasteiger partial charge is 0.407 e. The quantitative estimate of drug-likeness (QED) is 0.800. The number of benzene rings is 1. The van der Waals surface area contributed by atoms with Crippen LogP contribution in [0.2, 0.25) is 0 Å². The van der Waals surface area contributed by atoms with Crippen molar-refractivity contribution in [2.75, 3.05) is 19.0 Å². The molecule has 1 aromatic carbocycles. The number of hydrogen-bond acceptors (Lipinski definition) is 5. The molecule has 7 nitrogen and oxygen atoms in total. The first kappa shape index (κ1) is 19.7. The lowest BCUT2D eigenvalue weighted by Crippen LogP contribution is -2.34. The van der Waals surface area contributed by atoms with E-state index in [1.165, 1.54) is 16.2 Å². The fourth-order valence-corrected chi connectivity index (χ4v) is 4.48. The number of methoxy groups -OCH3 is 1. The number of aryl methyl sites for hydroxylation is 2. The maximum Gasteiger partial charge on any atom is 0.407 e. The molecule has 1 aromatic heterocycles. The molecule has 0 saturated carbocycles. The fourth-order valence-electron chi connectivity index (χ4n) is 3.25. The summed E-state index contributed by atoms with van der Waals surface area (Å²) in [4.78, 5) is 25.8. The van der Waals surface area contributed by atoms with Gasteiger partial charge in [-0.3, -0.25) is 4.79 Å². The zero-order chi connectivity index (χ0) is 20.3. The summed E-state index contributed by atoms with van der Waals surface area (Å²) in [6.07, 6.45) is 0.355. The molecule has 0 unspecified atom stereocenters. The lowest BCUT2D eigenvalue weighted by Gasteiger charge is -2.23. The number of nitrogens with one attached hydrogen (secondary N) is 1. The normalized spacial score (nSPS) is 12.8. The monoisotopic (exact) mass is 399 g/mol. The van der Waals surface area contributed by atoms with Crippen molar-refractivity contribution in [3.8, 4) is 11.8 Å². The predicted molar refractivity (Wildman–Crippen MR) is 106 cm³/mol. The molecule has 0 saturated heterocycles. The van der Waals surface area contributed by atoms with Crippen molar-refractivity contribution < 1.29 is 19.4 Å². The lowest BCUT2D eigenvalue weighted by molar-refractivity contribution is -0.116. The number of anilines is 1. The van der Waals surface area contributed by atoms with Crippen molar-refractivity contribution in [3.63, 3.8) is 0 Å². The van der Waals surface area contributed by atoms with Crippen molar-refractivity contribution in [3.05, 3.63) is 45.3 Å². The number of fused-ring (bicyclic) bond motifs is 1. The topological polar surface area (TPSA) is 103 Å². The molecule has 2 N–H and O–H groups in total. The second-order valence-electron chi connectivity index (χ2n) is 6.61. The van der Waals surface area contributed by atoms with Crippen molar-refractivity contribution >= 4 is 28.3 Å². The average molecular weight is 399 g/mol. The van der Waals surface area contributed by atoms with E-state index in [2.05, 4.69) is 11.4 Å². The minimum atomic E-state index is -0.975. The van der Waals surface area contributed by atoms with Gasteiger partial charge >= 0.3 is 6.09 Å². The van der Waals surface area contributed by atoms with E-state index in [1.54, 1.807) is 7.11 Å². The third-order valence-corrected chi connectivity index (χ3v) is 6.00. The van der Waals surface area contributed by atoms with Gasteiger partial charge in [0.05, 0.1) is 19.2 Å². The number of amides is 2. The Hall–Kier alpha value is -3.05. The van der Waals surface area contributed by atoms with Crippen LogP contribution in [-0.2, 0) is 24.2 Å². The molecule has 3 rings (SSSR count). The molecule has 2 heterocycles. The molecule has 0 atom stereocenters. The number of rotatable bonds is 5. The second-order valence-corrected chi connectivity index (χ2v) is 7.72. The number of carboxylic acid groups (broad SMARTS) is 1. The highest BCUT2D eigenvalue weighted by Crippen LogP contribution is 2.36. The van der Waals surface area contributed by atoms with Gasteiger partial charge in [0.2, 0.25) is 5.91 Å². The zero-order valence-electron chi connectivity index (χ0n) is 15.7. The van der Waals surface area contributed by atoms with Crippen LogP contribution in [-0.4, -0.2) is 35.7 Å². The molecule has 2 amide bonds. The molecular formula is C20H21N3O4S. The van der Waals surface area contributed by atoms with Crippen LogP contribution in [0.4, 0.5) is 9.80 Å². The number of carbonyl (C=O) groups excluding carboxylic acids is 1. The third-order valence-electron chi connectivity index (χ3n) is 4.87. The molecule has 0 bridgehead atoms.